The summed E-state index contributed by atoms with van der Waals surface area (Å²) in [5.74, 6) is 0.155. The molecule has 0 saturated carbocycles. The number of nitrogens with one attached hydrogen (secondary N) is 2. The van der Waals surface area contributed by atoms with E-state index in [1.807, 2.05) is 6.92 Å². The van der Waals surface area contributed by atoms with Crippen LogP contribution in [0.5, 0.6) is 0 Å². The molecule has 1 aromatic carbocycles. The summed E-state index contributed by atoms with van der Waals surface area (Å²) in [4.78, 5) is 0. The van der Waals surface area contributed by atoms with Crippen LogP contribution in [0.3, 0.4) is 0 Å². The van der Waals surface area contributed by atoms with E-state index in [1.165, 1.54) is 12.1 Å². The number of hydrogen-bond donors (Lipinski definition) is 2. The number of halogens is 1. The molecule has 0 fully saturated rings. The van der Waals surface area contributed by atoms with Gasteiger partial charge in [-0.1, -0.05) is 26.0 Å². The van der Waals surface area contributed by atoms with Crippen LogP contribution in [0.2, 0.25) is 0 Å². The molecular formula is C13H19FN2S. The maximum absolute atomic E-state index is 12.9. The molecule has 0 unspecified atom stereocenters. The zero-order valence-corrected chi connectivity index (χ0v) is 11.3. The second-order valence-electron chi connectivity index (χ2n) is 4.28. The summed E-state index contributed by atoms with van der Waals surface area (Å²) < 4.78 is 12.9. The minimum Gasteiger partial charge on any atom is -0.363 e. The molecule has 0 aliphatic heterocycles. The Morgan fingerprint density at radius 1 is 1.29 bits per heavy atom. The minimum atomic E-state index is -0.217. The third-order valence-electron chi connectivity index (χ3n) is 2.52. The van der Waals surface area contributed by atoms with E-state index in [0.717, 1.165) is 12.1 Å². The van der Waals surface area contributed by atoms with Crippen molar-refractivity contribution in [3.63, 3.8) is 0 Å². The van der Waals surface area contributed by atoms with Crippen molar-refractivity contribution in [2.45, 2.75) is 26.8 Å². The van der Waals surface area contributed by atoms with E-state index in [9.17, 15) is 4.39 Å². The Morgan fingerprint density at radius 2 is 1.88 bits per heavy atom. The van der Waals surface area contributed by atoms with Gasteiger partial charge in [0.05, 0.1) is 6.04 Å². The monoisotopic (exact) mass is 254 g/mol. The first-order valence-corrected chi connectivity index (χ1v) is 6.25. The van der Waals surface area contributed by atoms with Gasteiger partial charge in [0.1, 0.15) is 5.82 Å². The van der Waals surface area contributed by atoms with E-state index in [-0.39, 0.29) is 11.9 Å². The zero-order valence-electron chi connectivity index (χ0n) is 10.5. The highest BCUT2D eigenvalue weighted by atomic mass is 32.1. The topological polar surface area (TPSA) is 24.1 Å². The van der Waals surface area contributed by atoms with E-state index < -0.39 is 0 Å². The second-order valence-corrected chi connectivity index (χ2v) is 4.69. The van der Waals surface area contributed by atoms with Crippen LogP contribution in [0.25, 0.3) is 0 Å². The van der Waals surface area contributed by atoms with Crippen molar-refractivity contribution in [3.8, 4) is 0 Å². The summed E-state index contributed by atoms with van der Waals surface area (Å²) in [6.45, 7) is 7.00. The molecule has 1 atom stereocenters. The smallest absolute Gasteiger partial charge is 0.166 e. The summed E-state index contributed by atoms with van der Waals surface area (Å²) in [6.07, 6.45) is 0. The molecule has 1 aromatic rings. The van der Waals surface area contributed by atoms with Gasteiger partial charge in [0, 0.05) is 6.54 Å². The molecule has 94 valence electrons. The SMILES string of the molecule is CCNC(=S)N[C@@H](c1ccc(F)cc1)C(C)C. The number of rotatable bonds is 4. The minimum absolute atomic E-state index is 0.0992. The van der Waals surface area contributed by atoms with Gasteiger partial charge in [-0.25, -0.2) is 4.39 Å². The van der Waals surface area contributed by atoms with Crippen molar-refractivity contribution >= 4 is 17.3 Å². The lowest BCUT2D eigenvalue weighted by Gasteiger charge is -2.24. The van der Waals surface area contributed by atoms with E-state index in [4.69, 9.17) is 12.2 Å². The fourth-order valence-electron chi connectivity index (χ4n) is 1.66. The number of benzene rings is 1. The van der Waals surface area contributed by atoms with Crippen LogP contribution in [0.1, 0.15) is 32.4 Å². The molecule has 1 rings (SSSR count). The number of thiocarbonyl (C=S) groups is 1. The molecule has 0 saturated heterocycles. The quantitative estimate of drug-likeness (QED) is 0.808. The molecule has 0 spiro atoms. The maximum Gasteiger partial charge on any atom is 0.166 e. The molecule has 0 bridgehead atoms. The highest BCUT2D eigenvalue weighted by Gasteiger charge is 2.16. The highest BCUT2D eigenvalue weighted by Crippen LogP contribution is 2.21. The molecule has 0 amide bonds. The van der Waals surface area contributed by atoms with E-state index in [0.29, 0.717) is 11.0 Å². The first kappa shape index (κ1) is 13.9. The molecule has 0 heterocycles. The van der Waals surface area contributed by atoms with Crippen molar-refractivity contribution in [2.24, 2.45) is 5.92 Å². The fraction of sp³-hybridized carbons (Fsp3) is 0.462. The van der Waals surface area contributed by atoms with Gasteiger partial charge in [-0.3, -0.25) is 0 Å². The van der Waals surface area contributed by atoms with E-state index in [1.54, 1.807) is 12.1 Å². The third kappa shape index (κ3) is 4.30. The molecule has 0 radical (unpaired) electrons. The molecule has 4 heteroatoms. The largest absolute Gasteiger partial charge is 0.363 e. The Hall–Kier alpha value is -1.16. The summed E-state index contributed by atoms with van der Waals surface area (Å²) in [7, 11) is 0. The highest BCUT2D eigenvalue weighted by molar-refractivity contribution is 7.80. The first-order chi connectivity index (χ1) is 8.04. The van der Waals surface area contributed by atoms with Gasteiger partial charge in [-0.05, 0) is 42.8 Å². The molecule has 2 nitrogen and oxygen atoms in total. The normalized spacial score (nSPS) is 12.3. The molecule has 0 aromatic heterocycles. The van der Waals surface area contributed by atoms with Crippen molar-refractivity contribution < 1.29 is 4.39 Å². The summed E-state index contributed by atoms with van der Waals surface area (Å²) >= 11 is 5.18. The van der Waals surface area contributed by atoms with Gasteiger partial charge < -0.3 is 10.6 Å². The van der Waals surface area contributed by atoms with Crippen LogP contribution in [-0.4, -0.2) is 11.7 Å². The van der Waals surface area contributed by atoms with E-state index >= 15 is 0 Å². The average molecular weight is 254 g/mol. The Bertz CT molecular complexity index is 362. The lowest BCUT2D eigenvalue weighted by molar-refractivity contribution is 0.468. The van der Waals surface area contributed by atoms with Gasteiger partial charge in [0.2, 0.25) is 0 Å². The van der Waals surface area contributed by atoms with Gasteiger partial charge in [0.15, 0.2) is 5.11 Å². The molecular weight excluding hydrogens is 235 g/mol. The van der Waals surface area contributed by atoms with E-state index in [2.05, 4.69) is 24.5 Å². The fourth-order valence-corrected chi connectivity index (χ4v) is 1.93. The Balaban J connectivity index is 2.79. The maximum atomic E-state index is 12.9. The number of hydrogen-bond acceptors (Lipinski definition) is 1. The standard InChI is InChI=1S/C13H19FN2S/c1-4-15-13(17)16-12(9(2)3)10-5-7-11(14)8-6-10/h5-9,12H,4H2,1-3H3,(H2,15,16,17)/t12-/m1/s1. The lowest BCUT2D eigenvalue weighted by Crippen LogP contribution is -2.39. The zero-order chi connectivity index (χ0) is 12.8. The Morgan fingerprint density at radius 3 is 2.35 bits per heavy atom. The van der Waals surface area contributed by atoms with Crippen molar-refractivity contribution in [2.75, 3.05) is 6.54 Å². The summed E-state index contributed by atoms with van der Waals surface area (Å²) in [5.41, 5.74) is 1.04. The third-order valence-corrected chi connectivity index (χ3v) is 2.78. The first-order valence-electron chi connectivity index (χ1n) is 5.84. The van der Waals surface area contributed by atoms with Crippen LogP contribution in [-0.2, 0) is 0 Å². The lowest BCUT2D eigenvalue weighted by atomic mass is 9.96. The predicted molar refractivity (Wildman–Crippen MR) is 73.4 cm³/mol. The Labute approximate surface area is 108 Å². The van der Waals surface area contributed by atoms with Crippen molar-refractivity contribution in [3.05, 3.63) is 35.6 Å². The Kier molecular flexibility index (Phi) is 5.35. The molecule has 2 N–H and O–H groups in total. The molecule has 17 heavy (non-hydrogen) atoms. The van der Waals surface area contributed by atoms with Gasteiger partial charge in [-0.2, -0.15) is 0 Å². The van der Waals surface area contributed by atoms with Gasteiger partial charge in [-0.15, -0.1) is 0 Å². The van der Waals surface area contributed by atoms with Crippen molar-refractivity contribution in [1.82, 2.24) is 10.6 Å². The molecule has 0 aliphatic rings. The van der Waals surface area contributed by atoms with Crippen LogP contribution in [0.15, 0.2) is 24.3 Å². The summed E-state index contributed by atoms with van der Waals surface area (Å²) in [6, 6.07) is 6.64. The van der Waals surface area contributed by atoms with Gasteiger partial charge >= 0.3 is 0 Å². The van der Waals surface area contributed by atoms with Crippen molar-refractivity contribution in [1.29, 1.82) is 0 Å². The second kappa shape index (κ2) is 6.55. The van der Waals surface area contributed by atoms with Gasteiger partial charge in [0.25, 0.3) is 0 Å². The van der Waals surface area contributed by atoms with Crippen LogP contribution >= 0.6 is 12.2 Å². The summed E-state index contributed by atoms with van der Waals surface area (Å²) in [5, 5.41) is 6.94. The average Bonchev–Trinajstić information content (AvgIpc) is 2.27. The molecule has 0 aliphatic carbocycles. The van der Waals surface area contributed by atoms with Crippen LogP contribution < -0.4 is 10.6 Å². The van der Waals surface area contributed by atoms with Crippen LogP contribution in [0, 0.1) is 11.7 Å². The predicted octanol–water partition coefficient (Wildman–Crippen LogP) is 3.01. The van der Waals surface area contributed by atoms with Crippen LogP contribution in [0.4, 0.5) is 4.39 Å².